The van der Waals surface area contributed by atoms with Gasteiger partial charge in [0.25, 0.3) is 0 Å². The van der Waals surface area contributed by atoms with Crippen molar-refractivity contribution in [2.75, 3.05) is 0 Å². The van der Waals surface area contributed by atoms with Gasteiger partial charge in [-0.05, 0) is 35.4 Å². The number of esters is 1. The standard InChI is InChI=1S/C29H24O2/c30-29(27-20-19-24(27)21-11-4-1-5-12-21)31-28-25(22-13-6-2-7-14-22)17-10-18-26(28)23-15-8-3-9-16-23/h1-18,24,27H,19-20H2/t24-,27+/m0/s1. The van der Waals surface area contributed by atoms with Crippen LogP contribution in [0.15, 0.2) is 109 Å². The van der Waals surface area contributed by atoms with Gasteiger partial charge in [-0.3, -0.25) is 4.79 Å². The van der Waals surface area contributed by atoms with Crippen molar-refractivity contribution >= 4 is 5.97 Å². The van der Waals surface area contributed by atoms with Gasteiger partial charge < -0.3 is 4.74 Å². The first-order valence-corrected chi connectivity index (χ1v) is 10.8. The Morgan fingerprint density at radius 3 is 1.61 bits per heavy atom. The average Bonchev–Trinajstić information content (AvgIpc) is 2.80. The van der Waals surface area contributed by atoms with Crippen molar-refractivity contribution < 1.29 is 9.53 Å². The summed E-state index contributed by atoms with van der Waals surface area (Å²) in [5.74, 6) is 0.636. The lowest BCUT2D eigenvalue weighted by Crippen LogP contribution is -2.34. The molecule has 0 radical (unpaired) electrons. The fraction of sp³-hybridized carbons (Fsp3) is 0.138. The summed E-state index contributed by atoms with van der Waals surface area (Å²) < 4.78 is 6.20. The van der Waals surface area contributed by atoms with Crippen LogP contribution in [-0.4, -0.2) is 5.97 Å². The van der Waals surface area contributed by atoms with Crippen LogP contribution in [0.3, 0.4) is 0 Å². The highest BCUT2D eigenvalue weighted by Crippen LogP contribution is 2.45. The molecular formula is C29H24O2. The lowest BCUT2D eigenvalue weighted by atomic mass is 9.70. The molecule has 4 aromatic rings. The van der Waals surface area contributed by atoms with Crippen molar-refractivity contribution in [2.24, 2.45) is 5.92 Å². The molecule has 1 aliphatic rings. The second-order valence-corrected chi connectivity index (χ2v) is 8.04. The van der Waals surface area contributed by atoms with Gasteiger partial charge in [0.2, 0.25) is 0 Å². The van der Waals surface area contributed by atoms with Crippen molar-refractivity contribution in [1.29, 1.82) is 0 Å². The van der Waals surface area contributed by atoms with E-state index in [1.807, 2.05) is 72.8 Å². The van der Waals surface area contributed by atoms with Gasteiger partial charge in [0, 0.05) is 11.1 Å². The van der Waals surface area contributed by atoms with Crippen LogP contribution in [0.1, 0.15) is 24.3 Å². The second-order valence-electron chi connectivity index (χ2n) is 8.04. The van der Waals surface area contributed by atoms with Crippen molar-refractivity contribution in [1.82, 2.24) is 0 Å². The smallest absolute Gasteiger partial charge is 0.314 e. The molecule has 0 spiro atoms. The van der Waals surface area contributed by atoms with Crippen LogP contribution in [0.25, 0.3) is 22.3 Å². The molecular weight excluding hydrogens is 380 g/mol. The summed E-state index contributed by atoms with van der Waals surface area (Å²) in [6.07, 6.45) is 1.89. The minimum Gasteiger partial charge on any atom is -0.425 e. The number of rotatable bonds is 5. The van der Waals surface area contributed by atoms with Gasteiger partial charge in [0.05, 0.1) is 5.92 Å². The zero-order valence-corrected chi connectivity index (χ0v) is 17.3. The summed E-state index contributed by atoms with van der Waals surface area (Å²) in [6, 6.07) is 36.6. The van der Waals surface area contributed by atoms with Crippen LogP contribution in [0.5, 0.6) is 5.75 Å². The summed E-state index contributed by atoms with van der Waals surface area (Å²) in [5, 5.41) is 0. The topological polar surface area (TPSA) is 26.3 Å². The zero-order chi connectivity index (χ0) is 21.0. The molecule has 0 amide bonds. The van der Waals surface area contributed by atoms with Crippen LogP contribution in [-0.2, 0) is 4.79 Å². The van der Waals surface area contributed by atoms with Crippen LogP contribution < -0.4 is 4.74 Å². The number of hydrogen-bond donors (Lipinski definition) is 0. The number of carbonyl (C=O) groups excluding carboxylic acids is 1. The van der Waals surface area contributed by atoms with E-state index >= 15 is 0 Å². The number of para-hydroxylation sites is 1. The second kappa shape index (κ2) is 8.61. The van der Waals surface area contributed by atoms with E-state index in [0.717, 1.165) is 35.1 Å². The van der Waals surface area contributed by atoms with Crippen molar-refractivity contribution in [3.8, 4) is 28.0 Å². The number of benzene rings is 4. The van der Waals surface area contributed by atoms with E-state index in [1.54, 1.807) is 0 Å². The molecule has 0 unspecified atom stereocenters. The summed E-state index contributed by atoms with van der Waals surface area (Å²) >= 11 is 0. The molecule has 0 aliphatic heterocycles. The van der Waals surface area contributed by atoms with Crippen LogP contribution in [0, 0.1) is 5.92 Å². The SMILES string of the molecule is O=C(Oc1c(-c2ccccc2)cccc1-c1ccccc1)[C@@H]1CC[C@H]1c1ccccc1. The first kappa shape index (κ1) is 19.3. The fourth-order valence-electron chi connectivity index (χ4n) is 4.39. The Kier molecular flexibility index (Phi) is 5.37. The molecule has 0 saturated heterocycles. The number of ether oxygens (including phenoxy) is 1. The van der Waals surface area contributed by atoms with Gasteiger partial charge in [-0.25, -0.2) is 0 Å². The van der Waals surface area contributed by atoms with Gasteiger partial charge in [0.1, 0.15) is 5.75 Å². The fourth-order valence-corrected chi connectivity index (χ4v) is 4.39. The minimum absolute atomic E-state index is 0.102. The molecule has 2 nitrogen and oxygen atoms in total. The lowest BCUT2D eigenvalue weighted by Gasteiger charge is -2.35. The van der Waals surface area contributed by atoms with E-state index in [4.69, 9.17) is 4.74 Å². The Hall–Kier alpha value is -3.65. The molecule has 0 N–H and O–H groups in total. The monoisotopic (exact) mass is 404 g/mol. The van der Waals surface area contributed by atoms with Gasteiger partial charge in [0.15, 0.2) is 0 Å². The predicted molar refractivity (Wildman–Crippen MR) is 125 cm³/mol. The van der Waals surface area contributed by atoms with Crippen LogP contribution in [0.2, 0.25) is 0 Å². The average molecular weight is 405 g/mol. The normalized spacial score (nSPS) is 17.5. The molecule has 1 aliphatic carbocycles. The van der Waals surface area contributed by atoms with Gasteiger partial charge >= 0.3 is 5.97 Å². The maximum absolute atomic E-state index is 13.3. The quantitative estimate of drug-likeness (QED) is 0.261. The molecule has 2 atom stereocenters. The molecule has 0 heterocycles. The molecule has 31 heavy (non-hydrogen) atoms. The molecule has 152 valence electrons. The third-order valence-corrected chi connectivity index (χ3v) is 6.19. The molecule has 2 heteroatoms. The molecule has 1 fully saturated rings. The number of hydrogen-bond acceptors (Lipinski definition) is 2. The molecule has 1 saturated carbocycles. The highest BCUT2D eigenvalue weighted by Gasteiger charge is 2.39. The predicted octanol–water partition coefficient (Wildman–Crippen LogP) is 7.12. The maximum atomic E-state index is 13.3. The Morgan fingerprint density at radius 2 is 1.13 bits per heavy atom. The third-order valence-electron chi connectivity index (χ3n) is 6.19. The minimum atomic E-state index is -0.138. The van der Waals surface area contributed by atoms with Gasteiger partial charge in [-0.15, -0.1) is 0 Å². The Morgan fingerprint density at radius 1 is 0.613 bits per heavy atom. The maximum Gasteiger partial charge on any atom is 0.314 e. The zero-order valence-electron chi connectivity index (χ0n) is 17.3. The molecule has 0 bridgehead atoms. The van der Waals surface area contributed by atoms with Gasteiger partial charge in [-0.2, -0.15) is 0 Å². The Bertz CT molecular complexity index is 1110. The van der Waals surface area contributed by atoms with E-state index < -0.39 is 0 Å². The Labute approximate surface area is 183 Å². The van der Waals surface area contributed by atoms with E-state index in [-0.39, 0.29) is 17.8 Å². The first-order valence-electron chi connectivity index (χ1n) is 10.8. The van der Waals surface area contributed by atoms with Crippen molar-refractivity contribution in [3.05, 3.63) is 115 Å². The van der Waals surface area contributed by atoms with Crippen LogP contribution in [0.4, 0.5) is 0 Å². The van der Waals surface area contributed by atoms with Crippen LogP contribution >= 0.6 is 0 Å². The van der Waals surface area contributed by atoms with Crippen molar-refractivity contribution in [2.45, 2.75) is 18.8 Å². The summed E-state index contributed by atoms with van der Waals surface area (Å²) in [7, 11) is 0. The van der Waals surface area contributed by atoms with E-state index in [1.165, 1.54) is 5.56 Å². The molecule has 5 rings (SSSR count). The lowest BCUT2D eigenvalue weighted by molar-refractivity contribution is -0.142. The first-order chi connectivity index (χ1) is 15.3. The summed E-state index contributed by atoms with van der Waals surface area (Å²) in [4.78, 5) is 13.3. The third kappa shape index (κ3) is 3.89. The Balaban J connectivity index is 1.52. The van der Waals surface area contributed by atoms with Gasteiger partial charge in [-0.1, -0.05) is 109 Å². The highest BCUT2D eigenvalue weighted by molar-refractivity contribution is 5.87. The van der Waals surface area contributed by atoms with E-state index in [0.29, 0.717) is 5.75 Å². The van der Waals surface area contributed by atoms with E-state index in [2.05, 4.69) is 36.4 Å². The highest BCUT2D eigenvalue weighted by atomic mass is 16.5. The summed E-state index contributed by atoms with van der Waals surface area (Å²) in [5.41, 5.74) is 5.17. The summed E-state index contributed by atoms with van der Waals surface area (Å²) in [6.45, 7) is 0. The number of carbonyl (C=O) groups is 1. The van der Waals surface area contributed by atoms with E-state index in [9.17, 15) is 4.79 Å². The molecule has 4 aromatic carbocycles. The van der Waals surface area contributed by atoms with Crippen molar-refractivity contribution in [3.63, 3.8) is 0 Å². The molecule has 0 aromatic heterocycles. The largest absolute Gasteiger partial charge is 0.425 e.